The minimum absolute atomic E-state index is 0.268. The van der Waals surface area contributed by atoms with Gasteiger partial charge in [-0.2, -0.15) is 0 Å². The molecule has 0 aliphatic carbocycles. The number of carbonyl (C=O) groups excluding carboxylic acids is 1. The molecular formula is C12H14O5S. The van der Waals surface area contributed by atoms with Gasteiger partial charge in [0, 0.05) is 11.0 Å². The molecule has 0 atom stereocenters. The van der Waals surface area contributed by atoms with Crippen LogP contribution in [0.15, 0.2) is 22.4 Å². The fraction of sp³-hybridized carbons (Fsp3) is 0.250. The van der Waals surface area contributed by atoms with Crippen LogP contribution in [0.1, 0.15) is 22.8 Å². The zero-order valence-electron chi connectivity index (χ0n) is 10.0. The van der Waals surface area contributed by atoms with Gasteiger partial charge in [0.2, 0.25) is 0 Å². The Labute approximate surface area is 106 Å². The average Bonchev–Trinajstić information content (AvgIpc) is 2.64. The highest BCUT2D eigenvalue weighted by Gasteiger charge is 2.28. The summed E-state index contributed by atoms with van der Waals surface area (Å²) in [5, 5.41) is 1.31. The van der Waals surface area contributed by atoms with Crippen molar-refractivity contribution in [3.05, 3.63) is 28.7 Å². The third-order valence-corrected chi connectivity index (χ3v) is 4.12. The normalized spacial score (nSPS) is 17.1. The van der Waals surface area contributed by atoms with Crippen molar-refractivity contribution in [2.24, 2.45) is 0 Å². The van der Waals surface area contributed by atoms with Crippen molar-refractivity contribution >= 4 is 22.6 Å². The van der Waals surface area contributed by atoms with Crippen molar-refractivity contribution in [3.8, 4) is 5.75 Å². The molecule has 0 spiro atoms. The molecule has 2 rings (SSSR count). The summed E-state index contributed by atoms with van der Waals surface area (Å²) in [6.45, 7) is 1.98. The quantitative estimate of drug-likeness (QED) is 0.826. The summed E-state index contributed by atoms with van der Waals surface area (Å²) in [6.07, 6.45) is 1.55. The minimum Gasteiger partial charge on any atom is -0.495 e. The number of benzene rings is 1. The molecule has 1 aliphatic heterocycles. The van der Waals surface area contributed by atoms with E-state index in [0.717, 1.165) is 0 Å². The number of hydrogen-bond acceptors (Lipinski definition) is 5. The fourth-order valence-corrected chi connectivity index (χ4v) is 3.05. The van der Waals surface area contributed by atoms with E-state index in [1.807, 2.05) is 0 Å². The molecule has 5 nitrogen and oxygen atoms in total. The molecule has 98 valence electrons. The van der Waals surface area contributed by atoms with Crippen molar-refractivity contribution in [1.29, 1.82) is 0 Å². The Morgan fingerprint density at radius 2 is 2.11 bits per heavy atom. The Hall–Kier alpha value is -1.50. The molecular weight excluding hydrogens is 256 g/mol. The summed E-state index contributed by atoms with van der Waals surface area (Å²) < 4.78 is 29.7. The van der Waals surface area contributed by atoms with Gasteiger partial charge in [0.25, 0.3) is 0 Å². The van der Waals surface area contributed by atoms with Crippen LogP contribution in [0.2, 0.25) is 0 Å². The number of ether oxygens (including phenoxy) is 2. The van der Waals surface area contributed by atoms with Crippen molar-refractivity contribution in [3.63, 3.8) is 0 Å². The predicted molar refractivity (Wildman–Crippen MR) is 69.1 cm³/mol. The topological polar surface area (TPSA) is 76.0 Å². The molecule has 6 heteroatoms. The standard InChI is InChI=1S/C12H14O5S/c1-3-17-12(13)9-4-5-10-8(11(9)16-2)6-7-18(10,14)15/h4-7,14-15H,3H2,1-2H3. The van der Waals surface area contributed by atoms with E-state index in [2.05, 4.69) is 0 Å². The lowest BCUT2D eigenvalue weighted by Gasteiger charge is -2.26. The number of fused-ring (bicyclic) bond motifs is 1. The molecule has 0 saturated heterocycles. The Balaban J connectivity index is 2.54. The van der Waals surface area contributed by atoms with E-state index in [0.29, 0.717) is 16.2 Å². The lowest BCUT2D eigenvalue weighted by atomic mass is 10.1. The van der Waals surface area contributed by atoms with Crippen molar-refractivity contribution < 1.29 is 23.4 Å². The fourth-order valence-electron chi connectivity index (χ4n) is 1.83. The molecule has 0 bridgehead atoms. The van der Waals surface area contributed by atoms with Gasteiger partial charge in [-0.3, -0.25) is 9.11 Å². The third kappa shape index (κ3) is 1.98. The molecule has 0 unspecified atom stereocenters. The van der Waals surface area contributed by atoms with Gasteiger partial charge in [-0.15, -0.1) is 10.6 Å². The maximum Gasteiger partial charge on any atom is 0.341 e. The van der Waals surface area contributed by atoms with Crippen molar-refractivity contribution in [2.75, 3.05) is 13.7 Å². The van der Waals surface area contributed by atoms with Crippen LogP contribution in [-0.2, 0) is 4.74 Å². The zero-order valence-corrected chi connectivity index (χ0v) is 10.9. The number of rotatable bonds is 3. The molecule has 18 heavy (non-hydrogen) atoms. The number of hydrogen-bond donors (Lipinski definition) is 2. The highest BCUT2D eigenvalue weighted by atomic mass is 32.3. The number of esters is 1. The molecule has 0 aromatic heterocycles. The van der Waals surface area contributed by atoms with E-state index in [9.17, 15) is 13.9 Å². The van der Waals surface area contributed by atoms with Gasteiger partial charge in [-0.1, -0.05) is 0 Å². The summed E-state index contributed by atoms with van der Waals surface area (Å²) >= 11 is 0. The van der Waals surface area contributed by atoms with E-state index < -0.39 is 16.6 Å². The first-order valence-electron chi connectivity index (χ1n) is 5.35. The molecule has 1 aliphatic rings. The van der Waals surface area contributed by atoms with Gasteiger partial charge in [0.15, 0.2) is 0 Å². The van der Waals surface area contributed by atoms with Crippen LogP contribution in [0.25, 0.3) is 6.08 Å². The first kappa shape index (κ1) is 12.9. The zero-order chi connectivity index (χ0) is 13.3. The average molecular weight is 270 g/mol. The second-order valence-electron chi connectivity index (χ2n) is 3.67. The summed E-state index contributed by atoms with van der Waals surface area (Å²) in [6, 6.07) is 3.00. The Bertz CT molecular complexity index is 521. The van der Waals surface area contributed by atoms with E-state index in [1.54, 1.807) is 13.0 Å². The van der Waals surface area contributed by atoms with Gasteiger partial charge in [0.1, 0.15) is 11.3 Å². The summed E-state index contributed by atoms with van der Waals surface area (Å²) in [5.41, 5.74) is 0.794. The first-order chi connectivity index (χ1) is 8.51. The van der Waals surface area contributed by atoms with Gasteiger partial charge < -0.3 is 9.47 Å². The molecule has 1 heterocycles. The SMILES string of the molecule is CCOC(=O)c1ccc2c(c1OC)C=CS2(O)O. The molecule has 0 radical (unpaired) electrons. The van der Waals surface area contributed by atoms with Crippen LogP contribution < -0.4 is 4.74 Å². The van der Waals surface area contributed by atoms with Crippen LogP contribution in [0.3, 0.4) is 0 Å². The lowest BCUT2D eigenvalue weighted by molar-refractivity contribution is 0.0522. The lowest BCUT2D eigenvalue weighted by Crippen LogP contribution is -2.08. The van der Waals surface area contributed by atoms with Crippen molar-refractivity contribution in [2.45, 2.75) is 11.8 Å². The van der Waals surface area contributed by atoms with Crippen LogP contribution in [0.4, 0.5) is 0 Å². The van der Waals surface area contributed by atoms with E-state index in [-0.39, 0.29) is 12.2 Å². The van der Waals surface area contributed by atoms with Crippen molar-refractivity contribution in [1.82, 2.24) is 0 Å². The van der Waals surface area contributed by atoms with Gasteiger partial charge in [0.05, 0.1) is 18.6 Å². The summed E-state index contributed by atoms with van der Waals surface area (Å²) in [4.78, 5) is 12.1. The smallest absolute Gasteiger partial charge is 0.341 e. The number of methoxy groups -OCH3 is 1. The van der Waals surface area contributed by atoms with Crippen LogP contribution >= 0.6 is 10.6 Å². The summed E-state index contributed by atoms with van der Waals surface area (Å²) in [5.74, 6) is -0.186. The molecule has 0 amide bonds. The molecule has 2 N–H and O–H groups in total. The molecule has 0 fully saturated rings. The van der Waals surface area contributed by atoms with Crippen LogP contribution in [-0.4, -0.2) is 28.8 Å². The first-order valence-corrected chi connectivity index (χ1v) is 6.96. The van der Waals surface area contributed by atoms with E-state index in [1.165, 1.54) is 24.7 Å². The Kier molecular flexibility index (Phi) is 3.34. The Morgan fingerprint density at radius 1 is 1.39 bits per heavy atom. The molecule has 1 aromatic rings. The maximum absolute atomic E-state index is 11.7. The van der Waals surface area contributed by atoms with E-state index >= 15 is 0 Å². The van der Waals surface area contributed by atoms with Gasteiger partial charge >= 0.3 is 5.97 Å². The largest absolute Gasteiger partial charge is 0.495 e. The van der Waals surface area contributed by atoms with E-state index in [4.69, 9.17) is 9.47 Å². The molecule has 1 aromatic carbocycles. The highest BCUT2D eigenvalue weighted by molar-refractivity contribution is 8.27. The minimum atomic E-state index is -2.91. The number of carbonyl (C=O) groups is 1. The van der Waals surface area contributed by atoms with Gasteiger partial charge in [-0.25, -0.2) is 4.79 Å². The van der Waals surface area contributed by atoms with Gasteiger partial charge in [-0.05, 0) is 25.1 Å². The maximum atomic E-state index is 11.7. The second kappa shape index (κ2) is 4.64. The highest BCUT2D eigenvalue weighted by Crippen LogP contribution is 2.58. The Morgan fingerprint density at radius 3 is 2.72 bits per heavy atom. The summed E-state index contributed by atoms with van der Waals surface area (Å²) in [7, 11) is -1.48. The monoisotopic (exact) mass is 270 g/mol. The predicted octanol–water partition coefficient (Wildman–Crippen LogP) is 2.97. The molecule has 0 saturated carbocycles. The third-order valence-electron chi connectivity index (χ3n) is 2.60. The van der Waals surface area contributed by atoms with Crippen LogP contribution in [0, 0.1) is 0 Å². The second-order valence-corrected chi connectivity index (χ2v) is 5.57. The van der Waals surface area contributed by atoms with Crippen LogP contribution in [0.5, 0.6) is 5.75 Å².